The van der Waals surface area contributed by atoms with Gasteiger partial charge in [-0.1, -0.05) is 55.6 Å². The van der Waals surface area contributed by atoms with Crippen molar-refractivity contribution in [3.63, 3.8) is 0 Å². The van der Waals surface area contributed by atoms with Gasteiger partial charge in [-0.15, -0.1) is 10.2 Å². The molecule has 0 atom stereocenters. The Labute approximate surface area is 118 Å². The van der Waals surface area contributed by atoms with Gasteiger partial charge in [-0.05, 0) is 18.3 Å². The first-order valence-corrected chi connectivity index (χ1v) is 7.21. The van der Waals surface area contributed by atoms with E-state index in [9.17, 15) is 0 Å². The fourth-order valence-electron chi connectivity index (χ4n) is 2.90. The third-order valence-electron chi connectivity index (χ3n) is 4.14. The number of aromatic nitrogens is 2. The van der Waals surface area contributed by atoms with Gasteiger partial charge in [0, 0.05) is 17.3 Å². The lowest BCUT2D eigenvalue weighted by Crippen LogP contribution is -2.23. The van der Waals surface area contributed by atoms with Gasteiger partial charge in [0.1, 0.15) is 0 Å². The molecule has 1 aliphatic carbocycles. The Morgan fingerprint density at radius 1 is 1.16 bits per heavy atom. The zero-order valence-electron chi connectivity index (χ0n) is 11.1. The summed E-state index contributed by atoms with van der Waals surface area (Å²) in [5, 5.41) is 14.2. The second kappa shape index (κ2) is 4.97. The van der Waals surface area contributed by atoms with Gasteiger partial charge >= 0.3 is 0 Å². The SMILES string of the molecule is CC1(CNc2nnc(Cl)c3ccccc23)CCCC1. The number of halogens is 1. The molecule has 0 radical (unpaired) electrons. The molecule has 0 aliphatic heterocycles. The van der Waals surface area contributed by atoms with Gasteiger partial charge in [-0.3, -0.25) is 0 Å². The highest BCUT2D eigenvalue weighted by Gasteiger charge is 2.28. The lowest BCUT2D eigenvalue weighted by molar-refractivity contribution is 0.361. The lowest BCUT2D eigenvalue weighted by Gasteiger charge is -2.24. The number of nitrogens with zero attached hydrogens (tertiary/aromatic N) is 2. The van der Waals surface area contributed by atoms with Crippen molar-refractivity contribution >= 4 is 28.2 Å². The van der Waals surface area contributed by atoms with E-state index in [4.69, 9.17) is 11.6 Å². The van der Waals surface area contributed by atoms with E-state index in [-0.39, 0.29) is 0 Å². The Hall–Kier alpha value is -1.35. The highest BCUT2D eigenvalue weighted by atomic mass is 35.5. The Morgan fingerprint density at radius 3 is 2.58 bits per heavy atom. The first-order chi connectivity index (χ1) is 9.18. The molecule has 0 saturated heterocycles. The van der Waals surface area contributed by atoms with Crippen LogP contribution in [0.3, 0.4) is 0 Å². The average molecular weight is 276 g/mol. The molecular weight excluding hydrogens is 258 g/mol. The summed E-state index contributed by atoms with van der Waals surface area (Å²) in [6, 6.07) is 7.99. The summed E-state index contributed by atoms with van der Waals surface area (Å²) in [5.74, 6) is 0.841. The van der Waals surface area contributed by atoms with Crippen LogP contribution in [0.1, 0.15) is 32.6 Å². The van der Waals surface area contributed by atoms with Gasteiger partial charge in [-0.2, -0.15) is 0 Å². The predicted octanol–water partition coefficient (Wildman–Crippen LogP) is 4.28. The fraction of sp³-hybridized carbons (Fsp3) is 0.467. The summed E-state index contributed by atoms with van der Waals surface area (Å²) in [5.41, 5.74) is 0.391. The maximum absolute atomic E-state index is 6.08. The van der Waals surface area contributed by atoms with Crippen molar-refractivity contribution in [1.29, 1.82) is 0 Å². The largest absolute Gasteiger partial charge is 0.368 e. The Bertz CT molecular complexity index is 591. The summed E-state index contributed by atoms with van der Waals surface area (Å²) in [4.78, 5) is 0. The fourth-order valence-corrected chi connectivity index (χ4v) is 3.11. The molecule has 0 spiro atoms. The van der Waals surface area contributed by atoms with Gasteiger partial charge in [0.25, 0.3) is 0 Å². The molecule has 0 unspecified atom stereocenters. The molecule has 1 N–H and O–H groups in total. The summed E-state index contributed by atoms with van der Waals surface area (Å²) in [6.07, 6.45) is 5.26. The van der Waals surface area contributed by atoms with Gasteiger partial charge in [0.15, 0.2) is 11.0 Å². The summed E-state index contributed by atoms with van der Waals surface area (Å²) in [6.45, 7) is 3.30. The third kappa shape index (κ3) is 2.52. The molecule has 4 heteroatoms. The molecule has 100 valence electrons. The van der Waals surface area contributed by atoms with Crippen LogP contribution in [0.4, 0.5) is 5.82 Å². The quantitative estimate of drug-likeness (QED) is 0.909. The smallest absolute Gasteiger partial charge is 0.159 e. The van der Waals surface area contributed by atoms with Crippen LogP contribution in [0.5, 0.6) is 0 Å². The molecule has 19 heavy (non-hydrogen) atoms. The Balaban J connectivity index is 1.87. The molecule has 1 aliphatic rings. The standard InChI is InChI=1S/C15H18ClN3/c1-15(8-4-5-9-15)10-17-14-12-7-3-2-6-11(12)13(16)18-19-14/h2-3,6-7H,4-5,8-10H2,1H3,(H,17,19). The molecule has 0 amide bonds. The first-order valence-electron chi connectivity index (χ1n) is 6.83. The third-order valence-corrected chi connectivity index (χ3v) is 4.41. The minimum Gasteiger partial charge on any atom is -0.368 e. The van der Waals surface area contributed by atoms with Crippen LogP contribution in [0.2, 0.25) is 5.15 Å². The van der Waals surface area contributed by atoms with Crippen LogP contribution in [0.25, 0.3) is 10.8 Å². The number of benzene rings is 1. The van der Waals surface area contributed by atoms with Crippen LogP contribution in [0, 0.1) is 5.41 Å². The number of fused-ring (bicyclic) bond motifs is 1. The van der Waals surface area contributed by atoms with Gasteiger partial charge in [0.2, 0.25) is 0 Å². The second-order valence-electron chi connectivity index (χ2n) is 5.76. The zero-order valence-corrected chi connectivity index (χ0v) is 11.9. The molecule has 1 heterocycles. The molecule has 1 aromatic heterocycles. The monoisotopic (exact) mass is 275 g/mol. The van der Waals surface area contributed by atoms with E-state index in [1.807, 2.05) is 24.3 Å². The number of hydrogen-bond acceptors (Lipinski definition) is 3. The normalized spacial score (nSPS) is 17.8. The molecule has 1 aromatic carbocycles. The zero-order chi connectivity index (χ0) is 13.3. The highest BCUT2D eigenvalue weighted by Crippen LogP contribution is 2.37. The summed E-state index contributed by atoms with van der Waals surface area (Å²) in [7, 11) is 0. The molecule has 3 nitrogen and oxygen atoms in total. The van der Waals surface area contributed by atoms with Crippen LogP contribution >= 0.6 is 11.6 Å². The van der Waals surface area contributed by atoms with Crippen molar-refractivity contribution in [1.82, 2.24) is 10.2 Å². The van der Waals surface area contributed by atoms with E-state index >= 15 is 0 Å². The van der Waals surface area contributed by atoms with Crippen LogP contribution in [-0.4, -0.2) is 16.7 Å². The van der Waals surface area contributed by atoms with Crippen LogP contribution in [0.15, 0.2) is 24.3 Å². The average Bonchev–Trinajstić information content (AvgIpc) is 2.86. The second-order valence-corrected chi connectivity index (χ2v) is 6.11. The van der Waals surface area contributed by atoms with E-state index in [0.717, 1.165) is 23.1 Å². The summed E-state index contributed by atoms with van der Waals surface area (Å²) >= 11 is 6.08. The first kappa shape index (κ1) is 12.7. The van der Waals surface area contributed by atoms with Crippen molar-refractivity contribution in [2.75, 3.05) is 11.9 Å². The lowest BCUT2D eigenvalue weighted by atomic mass is 9.89. The predicted molar refractivity (Wildman–Crippen MR) is 79.6 cm³/mol. The van der Waals surface area contributed by atoms with Gasteiger partial charge in [0.05, 0.1) is 0 Å². The van der Waals surface area contributed by atoms with E-state index in [1.54, 1.807) is 0 Å². The van der Waals surface area contributed by atoms with E-state index in [0.29, 0.717) is 10.6 Å². The molecular formula is C15H18ClN3. The molecule has 0 bridgehead atoms. The van der Waals surface area contributed by atoms with Crippen molar-refractivity contribution < 1.29 is 0 Å². The van der Waals surface area contributed by atoms with Crippen molar-refractivity contribution in [2.24, 2.45) is 5.41 Å². The number of anilines is 1. The number of rotatable bonds is 3. The van der Waals surface area contributed by atoms with Crippen LogP contribution < -0.4 is 5.32 Å². The minimum atomic E-state index is 0.391. The van der Waals surface area contributed by atoms with E-state index in [2.05, 4.69) is 22.4 Å². The highest BCUT2D eigenvalue weighted by molar-refractivity contribution is 6.34. The molecule has 2 aromatic rings. The Kier molecular flexibility index (Phi) is 3.31. The maximum atomic E-state index is 6.08. The van der Waals surface area contributed by atoms with Gasteiger partial charge in [-0.25, -0.2) is 0 Å². The number of hydrogen-bond donors (Lipinski definition) is 1. The van der Waals surface area contributed by atoms with E-state index < -0.39 is 0 Å². The minimum absolute atomic E-state index is 0.391. The molecule has 1 fully saturated rings. The molecule has 3 rings (SSSR count). The topological polar surface area (TPSA) is 37.8 Å². The van der Waals surface area contributed by atoms with Gasteiger partial charge < -0.3 is 5.32 Å². The number of nitrogens with one attached hydrogen (secondary N) is 1. The van der Waals surface area contributed by atoms with E-state index in [1.165, 1.54) is 25.7 Å². The Morgan fingerprint density at radius 2 is 1.84 bits per heavy atom. The summed E-state index contributed by atoms with van der Waals surface area (Å²) < 4.78 is 0. The van der Waals surface area contributed by atoms with Crippen molar-refractivity contribution in [3.8, 4) is 0 Å². The van der Waals surface area contributed by atoms with Crippen LogP contribution in [-0.2, 0) is 0 Å². The molecule has 1 saturated carbocycles. The van der Waals surface area contributed by atoms with Crippen molar-refractivity contribution in [2.45, 2.75) is 32.6 Å². The van der Waals surface area contributed by atoms with Crippen molar-refractivity contribution in [3.05, 3.63) is 29.4 Å². The maximum Gasteiger partial charge on any atom is 0.159 e.